The van der Waals surface area contributed by atoms with Gasteiger partial charge < -0.3 is 11.1 Å². The number of nitrogens with two attached hydrogens (primary N) is 1. The molecule has 0 aliphatic heterocycles. The van der Waals surface area contributed by atoms with Crippen LogP contribution in [0.3, 0.4) is 0 Å². The smallest absolute Gasteiger partial charge is 0.321 e. The first-order chi connectivity index (χ1) is 9.15. The van der Waals surface area contributed by atoms with Crippen molar-refractivity contribution in [2.75, 3.05) is 5.32 Å². The summed E-state index contributed by atoms with van der Waals surface area (Å²) in [5.41, 5.74) is 6.21. The van der Waals surface area contributed by atoms with Crippen LogP contribution in [0.4, 0.5) is 9.93 Å². The lowest BCUT2D eigenvalue weighted by Gasteiger charge is -2.05. The van der Waals surface area contributed by atoms with Crippen LogP contribution in [0.1, 0.15) is 16.1 Å². The standard InChI is InChI=1S/C12H12N4O2S/c13-10(17)9-7-19-12(15-9)16-11(18)14-6-8-4-2-1-3-5-8/h1-5,7H,6H2,(H2,13,17)(H2,14,15,16,18). The van der Waals surface area contributed by atoms with E-state index < -0.39 is 5.91 Å². The maximum Gasteiger partial charge on any atom is 0.321 e. The van der Waals surface area contributed by atoms with Crippen LogP contribution in [-0.4, -0.2) is 16.9 Å². The van der Waals surface area contributed by atoms with Crippen molar-refractivity contribution in [3.8, 4) is 0 Å². The molecule has 2 rings (SSSR count). The minimum Gasteiger partial charge on any atom is -0.364 e. The van der Waals surface area contributed by atoms with E-state index in [2.05, 4.69) is 15.6 Å². The summed E-state index contributed by atoms with van der Waals surface area (Å²) in [7, 11) is 0. The number of carbonyl (C=O) groups excluding carboxylic acids is 2. The van der Waals surface area contributed by atoms with Crippen molar-refractivity contribution in [1.29, 1.82) is 0 Å². The third kappa shape index (κ3) is 3.78. The minimum absolute atomic E-state index is 0.142. The predicted molar refractivity (Wildman–Crippen MR) is 72.9 cm³/mol. The van der Waals surface area contributed by atoms with Gasteiger partial charge in [-0.15, -0.1) is 11.3 Å². The van der Waals surface area contributed by atoms with Gasteiger partial charge in [0.05, 0.1) is 0 Å². The molecule has 7 heteroatoms. The maximum atomic E-state index is 11.6. The van der Waals surface area contributed by atoms with E-state index in [-0.39, 0.29) is 11.7 Å². The molecule has 0 bridgehead atoms. The average molecular weight is 276 g/mol. The van der Waals surface area contributed by atoms with Crippen LogP contribution in [-0.2, 0) is 6.54 Å². The lowest BCUT2D eigenvalue weighted by Crippen LogP contribution is -2.28. The fourth-order valence-electron chi connectivity index (χ4n) is 1.36. The number of anilines is 1. The van der Waals surface area contributed by atoms with Gasteiger partial charge in [-0.05, 0) is 5.56 Å². The molecule has 2 aromatic rings. The highest BCUT2D eigenvalue weighted by molar-refractivity contribution is 7.14. The lowest BCUT2D eigenvalue weighted by molar-refractivity contribution is 0.0996. The highest BCUT2D eigenvalue weighted by Crippen LogP contribution is 2.14. The quantitative estimate of drug-likeness (QED) is 0.790. The number of aromatic nitrogens is 1. The van der Waals surface area contributed by atoms with E-state index in [9.17, 15) is 9.59 Å². The van der Waals surface area contributed by atoms with Gasteiger partial charge in [0.2, 0.25) is 0 Å². The number of hydrogen-bond acceptors (Lipinski definition) is 4. The van der Waals surface area contributed by atoms with Crippen LogP contribution in [0.2, 0.25) is 0 Å². The Labute approximate surface area is 113 Å². The molecule has 0 aliphatic rings. The molecular formula is C12H12N4O2S. The molecule has 1 heterocycles. The summed E-state index contributed by atoms with van der Waals surface area (Å²) >= 11 is 1.14. The molecule has 98 valence electrons. The normalized spacial score (nSPS) is 9.89. The van der Waals surface area contributed by atoms with Crippen LogP contribution in [0.25, 0.3) is 0 Å². The molecule has 0 aliphatic carbocycles. The molecule has 0 saturated carbocycles. The number of carbonyl (C=O) groups is 2. The van der Waals surface area contributed by atoms with Gasteiger partial charge in [0.15, 0.2) is 5.13 Å². The summed E-state index contributed by atoms with van der Waals surface area (Å²) in [6.45, 7) is 0.417. The number of thiazole rings is 1. The number of nitrogens with one attached hydrogen (secondary N) is 2. The van der Waals surface area contributed by atoms with E-state index in [0.29, 0.717) is 11.7 Å². The Kier molecular flexibility index (Phi) is 4.09. The molecule has 1 aromatic heterocycles. The van der Waals surface area contributed by atoms with Crippen molar-refractivity contribution in [2.24, 2.45) is 5.73 Å². The van der Waals surface area contributed by atoms with Crippen molar-refractivity contribution in [1.82, 2.24) is 10.3 Å². The molecule has 0 unspecified atom stereocenters. The van der Waals surface area contributed by atoms with Gasteiger partial charge in [-0.1, -0.05) is 30.3 Å². The van der Waals surface area contributed by atoms with Gasteiger partial charge in [0, 0.05) is 11.9 Å². The average Bonchev–Trinajstić information content (AvgIpc) is 2.86. The number of hydrogen-bond donors (Lipinski definition) is 3. The molecule has 0 fully saturated rings. The summed E-state index contributed by atoms with van der Waals surface area (Å²) in [5.74, 6) is -0.617. The van der Waals surface area contributed by atoms with E-state index in [4.69, 9.17) is 5.73 Å². The van der Waals surface area contributed by atoms with Crippen LogP contribution in [0.15, 0.2) is 35.7 Å². The van der Waals surface area contributed by atoms with Crippen molar-refractivity contribution < 1.29 is 9.59 Å². The Morgan fingerprint density at radius 2 is 2.00 bits per heavy atom. The first-order valence-corrected chi connectivity index (χ1v) is 6.37. The van der Waals surface area contributed by atoms with Gasteiger partial charge in [-0.3, -0.25) is 10.1 Å². The van der Waals surface area contributed by atoms with Crippen LogP contribution < -0.4 is 16.4 Å². The maximum absolute atomic E-state index is 11.6. The van der Waals surface area contributed by atoms with E-state index in [1.165, 1.54) is 5.38 Å². The zero-order chi connectivity index (χ0) is 13.7. The summed E-state index contributed by atoms with van der Waals surface area (Å²) in [5, 5.41) is 7.05. The van der Waals surface area contributed by atoms with E-state index >= 15 is 0 Å². The molecule has 0 spiro atoms. The Morgan fingerprint density at radius 3 is 2.63 bits per heavy atom. The van der Waals surface area contributed by atoms with Crippen molar-refractivity contribution in [3.05, 3.63) is 47.0 Å². The third-order valence-corrected chi connectivity index (χ3v) is 3.03. The largest absolute Gasteiger partial charge is 0.364 e. The zero-order valence-electron chi connectivity index (χ0n) is 9.92. The molecule has 1 aromatic carbocycles. The number of benzene rings is 1. The number of primary amides is 1. The number of rotatable bonds is 4. The van der Waals surface area contributed by atoms with Crippen LogP contribution >= 0.6 is 11.3 Å². The Hall–Kier alpha value is -2.41. The Bertz CT molecular complexity index is 582. The van der Waals surface area contributed by atoms with Gasteiger partial charge in [0.25, 0.3) is 5.91 Å². The van der Waals surface area contributed by atoms with E-state index in [0.717, 1.165) is 16.9 Å². The molecule has 0 saturated heterocycles. The van der Waals surface area contributed by atoms with Crippen LogP contribution in [0, 0.1) is 0 Å². The summed E-state index contributed by atoms with van der Waals surface area (Å²) in [6.07, 6.45) is 0. The van der Waals surface area contributed by atoms with Crippen LogP contribution in [0.5, 0.6) is 0 Å². The second kappa shape index (κ2) is 5.96. The van der Waals surface area contributed by atoms with Gasteiger partial charge in [0.1, 0.15) is 5.69 Å². The zero-order valence-corrected chi connectivity index (χ0v) is 10.7. The van der Waals surface area contributed by atoms with Crippen molar-refractivity contribution in [3.63, 3.8) is 0 Å². The lowest BCUT2D eigenvalue weighted by atomic mass is 10.2. The molecule has 19 heavy (non-hydrogen) atoms. The fourth-order valence-corrected chi connectivity index (χ4v) is 2.06. The topological polar surface area (TPSA) is 97.1 Å². The predicted octanol–water partition coefficient (Wildman–Crippen LogP) is 1.56. The van der Waals surface area contributed by atoms with Gasteiger partial charge >= 0.3 is 6.03 Å². The molecule has 0 atom stereocenters. The number of urea groups is 1. The molecular weight excluding hydrogens is 264 g/mol. The van der Waals surface area contributed by atoms with Crippen molar-refractivity contribution in [2.45, 2.75) is 6.54 Å². The minimum atomic E-state index is -0.617. The van der Waals surface area contributed by atoms with Gasteiger partial charge in [-0.2, -0.15) is 0 Å². The first-order valence-electron chi connectivity index (χ1n) is 5.49. The monoisotopic (exact) mass is 276 g/mol. The molecule has 6 nitrogen and oxygen atoms in total. The summed E-state index contributed by atoms with van der Waals surface area (Å²) in [4.78, 5) is 26.3. The summed E-state index contributed by atoms with van der Waals surface area (Å²) < 4.78 is 0. The highest BCUT2D eigenvalue weighted by atomic mass is 32.1. The summed E-state index contributed by atoms with van der Waals surface area (Å²) in [6, 6.07) is 9.15. The Balaban J connectivity index is 1.85. The van der Waals surface area contributed by atoms with Gasteiger partial charge in [-0.25, -0.2) is 9.78 Å². The first kappa shape index (κ1) is 13.0. The van der Waals surface area contributed by atoms with E-state index in [1.807, 2.05) is 30.3 Å². The SMILES string of the molecule is NC(=O)c1csc(NC(=O)NCc2ccccc2)n1. The molecule has 4 N–H and O–H groups in total. The van der Waals surface area contributed by atoms with Crippen molar-refractivity contribution >= 4 is 28.4 Å². The molecule has 0 radical (unpaired) electrons. The highest BCUT2D eigenvalue weighted by Gasteiger charge is 2.09. The fraction of sp³-hybridized carbons (Fsp3) is 0.0833. The number of nitrogens with zero attached hydrogens (tertiary/aromatic N) is 1. The second-order valence-corrected chi connectivity index (χ2v) is 4.55. The second-order valence-electron chi connectivity index (χ2n) is 3.70. The third-order valence-electron chi connectivity index (χ3n) is 2.27. The van der Waals surface area contributed by atoms with E-state index in [1.54, 1.807) is 0 Å². The Morgan fingerprint density at radius 1 is 1.26 bits per heavy atom. The molecule has 3 amide bonds. The number of amides is 3.